The zero-order valence-electron chi connectivity index (χ0n) is 11.4. The van der Waals surface area contributed by atoms with Gasteiger partial charge >= 0.3 is 0 Å². The Bertz CT molecular complexity index is 464. The molecule has 106 valence electrons. The molecule has 0 saturated heterocycles. The van der Waals surface area contributed by atoms with Gasteiger partial charge in [-0.2, -0.15) is 0 Å². The lowest BCUT2D eigenvalue weighted by Gasteiger charge is -2.25. The molecule has 0 aromatic heterocycles. The van der Waals surface area contributed by atoms with Crippen LogP contribution in [0.25, 0.3) is 0 Å². The molecule has 0 spiro atoms. The lowest BCUT2D eigenvalue weighted by molar-refractivity contribution is 0.312. The average molecular weight is 332 g/mol. The summed E-state index contributed by atoms with van der Waals surface area (Å²) >= 11 is 3.13. The number of benzene rings is 1. The van der Waals surface area contributed by atoms with Gasteiger partial charge in [0.1, 0.15) is 11.6 Å². The molecular formula is C15H20BrF2N. The van der Waals surface area contributed by atoms with Crippen molar-refractivity contribution in [2.24, 2.45) is 5.41 Å². The molecule has 1 aliphatic carbocycles. The molecule has 0 heterocycles. The summed E-state index contributed by atoms with van der Waals surface area (Å²) in [6, 6.07) is 3.24. The van der Waals surface area contributed by atoms with Crippen LogP contribution >= 0.6 is 15.9 Å². The predicted molar refractivity (Wildman–Crippen MR) is 77.2 cm³/mol. The smallest absolute Gasteiger partial charge is 0.143 e. The molecule has 1 aromatic rings. The van der Waals surface area contributed by atoms with Gasteiger partial charge in [0.2, 0.25) is 0 Å². The van der Waals surface area contributed by atoms with E-state index in [0.29, 0.717) is 16.9 Å². The first kappa shape index (κ1) is 14.9. The maximum atomic E-state index is 14.0. The van der Waals surface area contributed by atoms with Crippen LogP contribution in [0.1, 0.15) is 38.7 Å². The Morgan fingerprint density at radius 2 is 2.16 bits per heavy atom. The molecular weight excluding hydrogens is 312 g/mol. The molecule has 1 aliphatic rings. The van der Waals surface area contributed by atoms with Gasteiger partial charge in [-0.1, -0.05) is 13.8 Å². The summed E-state index contributed by atoms with van der Waals surface area (Å²) in [5.74, 6) is -0.887. The molecule has 0 amide bonds. The zero-order valence-corrected chi connectivity index (χ0v) is 13.0. The number of hydrogen-bond acceptors (Lipinski definition) is 1. The van der Waals surface area contributed by atoms with Crippen LogP contribution in [0.5, 0.6) is 0 Å². The molecule has 1 nitrogen and oxygen atoms in total. The van der Waals surface area contributed by atoms with Crippen LogP contribution in [0.4, 0.5) is 8.78 Å². The Morgan fingerprint density at radius 1 is 1.42 bits per heavy atom. The van der Waals surface area contributed by atoms with Gasteiger partial charge < -0.3 is 5.32 Å². The Labute approximate surface area is 121 Å². The monoisotopic (exact) mass is 331 g/mol. The lowest BCUT2D eigenvalue weighted by atomic mass is 9.81. The highest BCUT2D eigenvalue weighted by molar-refractivity contribution is 9.10. The number of halogens is 3. The highest BCUT2D eigenvalue weighted by Crippen LogP contribution is 2.42. The van der Waals surface area contributed by atoms with Crippen LogP contribution in [0, 0.1) is 17.0 Å². The maximum absolute atomic E-state index is 14.0. The van der Waals surface area contributed by atoms with E-state index < -0.39 is 11.6 Å². The van der Waals surface area contributed by atoms with Crippen molar-refractivity contribution in [1.82, 2.24) is 5.32 Å². The maximum Gasteiger partial charge on any atom is 0.143 e. The van der Waals surface area contributed by atoms with Gasteiger partial charge in [-0.05, 0) is 65.7 Å². The molecule has 1 fully saturated rings. The average Bonchev–Trinajstić information content (AvgIpc) is 2.72. The van der Waals surface area contributed by atoms with E-state index in [1.54, 1.807) is 0 Å². The van der Waals surface area contributed by atoms with Crippen LogP contribution in [0.15, 0.2) is 16.6 Å². The molecule has 1 saturated carbocycles. The minimum Gasteiger partial charge on any atom is -0.314 e. The molecule has 0 bridgehead atoms. The van der Waals surface area contributed by atoms with Crippen LogP contribution in [0.2, 0.25) is 0 Å². The summed E-state index contributed by atoms with van der Waals surface area (Å²) in [5, 5.41) is 3.43. The molecule has 2 rings (SSSR count). The van der Waals surface area contributed by atoms with E-state index in [9.17, 15) is 8.78 Å². The summed E-state index contributed by atoms with van der Waals surface area (Å²) in [7, 11) is 0. The fraction of sp³-hybridized carbons (Fsp3) is 0.600. The van der Waals surface area contributed by atoms with Gasteiger partial charge in [-0.25, -0.2) is 8.78 Å². The third-order valence-electron chi connectivity index (χ3n) is 4.07. The number of nitrogens with one attached hydrogen (secondary N) is 1. The van der Waals surface area contributed by atoms with Crippen molar-refractivity contribution >= 4 is 15.9 Å². The van der Waals surface area contributed by atoms with Crippen LogP contribution in [0.3, 0.4) is 0 Å². The first-order chi connectivity index (χ1) is 8.95. The number of rotatable bonds is 4. The van der Waals surface area contributed by atoms with Crippen LogP contribution in [-0.4, -0.2) is 12.6 Å². The van der Waals surface area contributed by atoms with Crippen LogP contribution in [-0.2, 0) is 6.42 Å². The fourth-order valence-electron chi connectivity index (χ4n) is 3.10. The molecule has 2 unspecified atom stereocenters. The standard InChI is InChI=1S/C15H20BrF2N/c1-3-19-10-6-7-15(2,8-10)9-11-13(17)5-4-12(16)14(11)18/h4-5,10,19H,3,6-9H2,1-2H3. The summed E-state index contributed by atoms with van der Waals surface area (Å²) < 4.78 is 28.2. The molecule has 2 atom stereocenters. The van der Waals surface area contributed by atoms with Crippen molar-refractivity contribution in [3.63, 3.8) is 0 Å². The second kappa shape index (κ2) is 5.88. The largest absolute Gasteiger partial charge is 0.314 e. The summed E-state index contributed by atoms with van der Waals surface area (Å²) in [6.07, 6.45) is 3.54. The molecule has 0 radical (unpaired) electrons. The van der Waals surface area contributed by atoms with Gasteiger partial charge in [-0.15, -0.1) is 0 Å². The summed E-state index contributed by atoms with van der Waals surface area (Å²) in [4.78, 5) is 0. The van der Waals surface area contributed by atoms with E-state index in [-0.39, 0.29) is 11.0 Å². The fourth-order valence-corrected chi connectivity index (χ4v) is 3.47. The van der Waals surface area contributed by atoms with E-state index in [1.165, 1.54) is 12.1 Å². The first-order valence-electron chi connectivity index (χ1n) is 6.81. The van der Waals surface area contributed by atoms with E-state index in [1.807, 2.05) is 0 Å². The second-order valence-electron chi connectivity index (χ2n) is 5.81. The first-order valence-corrected chi connectivity index (χ1v) is 7.60. The summed E-state index contributed by atoms with van der Waals surface area (Å²) in [5.41, 5.74) is 0.198. The van der Waals surface area contributed by atoms with Crippen molar-refractivity contribution in [2.75, 3.05) is 6.54 Å². The molecule has 4 heteroatoms. The highest BCUT2D eigenvalue weighted by atomic mass is 79.9. The van der Waals surface area contributed by atoms with Crippen molar-refractivity contribution < 1.29 is 8.78 Å². The Kier molecular flexibility index (Phi) is 4.62. The normalized spacial score (nSPS) is 26.9. The highest BCUT2D eigenvalue weighted by Gasteiger charge is 2.36. The minimum absolute atomic E-state index is 0.0185. The van der Waals surface area contributed by atoms with Crippen molar-refractivity contribution in [1.29, 1.82) is 0 Å². The van der Waals surface area contributed by atoms with Crippen molar-refractivity contribution in [3.8, 4) is 0 Å². The second-order valence-corrected chi connectivity index (χ2v) is 6.66. The molecule has 0 aliphatic heterocycles. The predicted octanol–water partition coefficient (Wildman–Crippen LogP) is 4.44. The quantitative estimate of drug-likeness (QED) is 0.804. The Morgan fingerprint density at radius 3 is 2.84 bits per heavy atom. The van der Waals surface area contributed by atoms with Gasteiger partial charge in [-0.3, -0.25) is 0 Å². The van der Waals surface area contributed by atoms with E-state index in [4.69, 9.17) is 0 Å². The lowest BCUT2D eigenvalue weighted by Crippen LogP contribution is -2.28. The third-order valence-corrected chi connectivity index (χ3v) is 4.68. The number of hydrogen-bond donors (Lipinski definition) is 1. The van der Waals surface area contributed by atoms with E-state index in [0.717, 1.165) is 25.8 Å². The van der Waals surface area contributed by atoms with Gasteiger partial charge in [0.15, 0.2) is 0 Å². The van der Waals surface area contributed by atoms with Gasteiger partial charge in [0.05, 0.1) is 4.47 Å². The van der Waals surface area contributed by atoms with E-state index >= 15 is 0 Å². The molecule has 1 N–H and O–H groups in total. The van der Waals surface area contributed by atoms with Crippen LogP contribution < -0.4 is 5.32 Å². The topological polar surface area (TPSA) is 12.0 Å². The molecule has 1 aromatic carbocycles. The summed E-state index contributed by atoms with van der Waals surface area (Å²) in [6.45, 7) is 5.16. The van der Waals surface area contributed by atoms with Crippen molar-refractivity contribution in [3.05, 3.63) is 33.8 Å². The minimum atomic E-state index is -0.451. The zero-order chi connectivity index (χ0) is 14.0. The Balaban J connectivity index is 2.16. The van der Waals surface area contributed by atoms with E-state index in [2.05, 4.69) is 35.1 Å². The van der Waals surface area contributed by atoms with Gasteiger partial charge in [0, 0.05) is 11.6 Å². The Hall–Kier alpha value is -0.480. The SMILES string of the molecule is CCNC1CCC(C)(Cc2c(F)ccc(Br)c2F)C1. The third kappa shape index (κ3) is 3.34. The van der Waals surface area contributed by atoms with Crippen molar-refractivity contribution in [2.45, 2.75) is 45.6 Å². The molecule has 19 heavy (non-hydrogen) atoms. The van der Waals surface area contributed by atoms with Gasteiger partial charge in [0.25, 0.3) is 0 Å².